The SMILES string of the molecule is CN1C(=Cc2cc(N(CCC[N+](C)(C)C)CCC[N+](C)(C)C)[n+](CCCCCCCCCC[n+]3c(N(CCC[N+](C)(C)C)CCC[N+](C)(C)C)cc(/C=C4\Sc5ccccc5N4C)c4ccccc43)c3ccccc23)Sc2ccccc21. The summed E-state index contributed by atoms with van der Waals surface area (Å²) in [7, 11) is 32.4. The lowest BCUT2D eigenvalue weighted by atomic mass is 10.1. The zero-order valence-electron chi connectivity index (χ0n) is 53.4. The Bertz CT molecular complexity index is 2870. The lowest BCUT2D eigenvalue weighted by Gasteiger charge is -2.28. The number of nitrogens with zero attached hydrogens (tertiary/aromatic N) is 10. The number of aromatic nitrogens is 2. The van der Waals surface area contributed by atoms with Gasteiger partial charge in [-0.25, -0.2) is 9.13 Å². The van der Waals surface area contributed by atoms with Gasteiger partial charge in [-0.3, -0.25) is 9.80 Å². The predicted octanol–water partition coefficient (Wildman–Crippen LogP) is 13.5. The molecule has 0 saturated carbocycles. The summed E-state index contributed by atoms with van der Waals surface area (Å²) in [5.74, 6) is 2.75. The lowest BCUT2D eigenvalue weighted by molar-refractivity contribution is -0.870. The number of quaternary nitrogens is 4. The van der Waals surface area contributed by atoms with Crippen molar-refractivity contribution in [2.45, 2.75) is 99.9 Å². The number of hydrogen-bond donors (Lipinski definition) is 0. The summed E-state index contributed by atoms with van der Waals surface area (Å²) in [6.07, 6.45) is 19.6. The van der Waals surface area contributed by atoms with Gasteiger partial charge in [-0.05, 0) is 85.4 Å². The van der Waals surface area contributed by atoms with Gasteiger partial charge in [-0.2, -0.15) is 0 Å². The first-order chi connectivity index (χ1) is 39.0. The molecule has 8 rings (SSSR count). The Balaban J connectivity index is 0.967. The third-order valence-corrected chi connectivity index (χ3v) is 18.8. The highest BCUT2D eigenvalue weighted by atomic mass is 32.2. The van der Waals surface area contributed by atoms with E-state index in [1.807, 2.05) is 23.5 Å². The number of unbranched alkanes of at least 4 members (excludes halogenated alkanes) is 7. The van der Waals surface area contributed by atoms with Crippen LogP contribution in [0.1, 0.15) is 88.2 Å². The molecule has 0 aliphatic carbocycles. The highest BCUT2D eigenvalue weighted by molar-refractivity contribution is 8.04. The predicted molar refractivity (Wildman–Crippen MR) is 357 cm³/mol. The first-order valence-electron chi connectivity index (χ1n) is 31.1. The minimum absolute atomic E-state index is 0.984. The molecule has 2 aromatic heterocycles. The second-order valence-corrected chi connectivity index (χ2v) is 29.9. The minimum Gasteiger partial charge on any atom is -0.338 e. The maximum Gasteiger partial charge on any atom is 0.277 e. The van der Waals surface area contributed by atoms with Gasteiger partial charge in [-0.1, -0.05) is 110 Å². The summed E-state index contributed by atoms with van der Waals surface area (Å²) in [6.45, 7) is 10.9. The van der Waals surface area contributed by atoms with E-state index in [1.165, 1.54) is 127 Å². The number of fused-ring (bicyclic) bond motifs is 4. The van der Waals surface area contributed by atoms with Gasteiger partial charge in [0.05, 0.1) is 171 Å². The van der Waals surface area contributed by atoms with Crippen molar-refractivity contribution in [1.29, 1.82) is 0 Å². The standard InChI is InChI=1S/C70H106N10S2/c1-71-63-39-25-27-41-65(63)81-69(71)55-57-53-67(73(43-31-49-77(3,4)5)44-32-50-78(6,7)8)75(61-37-23-21-35-59(57)61)47-29-19-17-15-16-18-20-30-48-76-62-38-24-22-36-60(62)58(56-70-72(2)64-40-26-28-42-66(64)82-70)54-68(76)74(45-33-51-79(9,10)11)46-34-52-80(12,13)14/h21-28,35-42,53-56H,15-20,29-34,43-52H2,1-14H3/q+6. The Morgan fingerprint density at radius 3 is 1.02 bits per heavy atom. The third kappa shape index (κ3) is 17.7. The quantitative estimate of drug-likeness (QED) is 0.0244. The van der Waals surface area contributed by atoms with E-state index in [4.69, 9.17) is 0 Å². The van der Waals surface area contributed by atoms with Crippen molar-refractivity contribution in [3.05, 3.63) is 130 Å². The molecule has 0 bridgehead atoms. The van der Waals surface area contributed by atoms with Crippen LogP contribution in [-0.2, 0) is 13.1 Å². The number of rotatable bonds is 31. The molecule has 0 saturated heterocycles. The van der Waals surface area contributed by atoms with Crippen LogP contribution in [0.2, 0.25) is 0 Å². The van der Waals surface area contributed by atoms with Crippen LogP contribution in [0.25, 0.3) is 34.0 Å². The smallest absolute Gasteiger partial charge is 0.277 e. The normalized spacial score (nSPS) is 15.0. The molecule has 6 aromatic rings. The van der Waals surface area contributed by atoms with Crippen molar-refractivity contribution >= 4 is 80.5 Å². The molecule has 0 amide bonds. The second kappa shape index (κ2) is 28.2. The van der Waals surface area contributed by atoms with E-state index in [9.17, 15) is 0 Å². The van der Waals surface area contributed by atoms with E-state index < -0.39 is 0 Å². The zero-order valence-corrected chi connectivity index (χ0v) is 55.0. The number of aryl methyl sites for hydroxylation is 2. The summed E-state index contributed by atoms with van der Waals surface area (Å²) in [6, 6.07) is 41.2. The van der Waals surface area contributed by atoms with Crippen LogP contribution < -0.4 is 28.7 Å². The molecule has 4 heterocycles. The summed E-state index contributed by atoms with van der Waals surface area (Å²) < 4.78 is 9.34. The van der Waals surface area contributed by atoms with Crippen molar-refractivity contribution in [2.75, 3.05) is 171 Å². The van der Waals surface area contributed by atoms with Gasteiger partial charge in [0.2, 0.25) is 0 Å². The molecule has 442 valence electrons. The van der Waals surface area contributed by atoms with Crippen LogP contribution in [0, 0.1) is 0 Å². The molecule has 10 nitrogen and oxygen atoms in total. The number of hydrogen-bond acceptors (Lipinski definition) is 6. The first-order valence-corrected chi connectivity index (χ1v) is 32.7. The number of thioether (sulfide) groups is 2. The van der Waals surface area contributed by atoms with Crippen LogP contribution in [0.4, 0.5) is 23.0 Å². The van der Waals surface area contributed by atoms with Gasteiger partial charge in [0, 0.05) is 72.5 Å². The highest BCUT2D eigenvalue weighted by Gasteiger charge is 2.30. The molecule has 2 aliphatic rings. The largest absolute Gasteiger partial charge is 0.338 e. The number of anilines is 4. The van der Waals surface area contributed by atoms with Gasteiger partial charge in [0.15, 0.2) is 0 Å². The fraction of sp³-hybridized carbons (Fsp3) is 0.514. The topological polar surface area (TPSA) is 20.7 Å². The van der Waals surface area contributed by atoms with E-state index in [0.29, 0.717) is 0 Å². The van der Waals surface area contributed by atoms with Crippen molar-refractivity contribution in [2.24, 2.45) is 0 Å². The Hall–Kier alpha value is -5.08. The fourth-order valence-electron chi connectivity index (χ4n) is 12.0. The van der Waals surface area contributed by atoms with Crippen molar-refractivity contribution < 1.29 is 27.1 Å². The van der Waals surface area contributed by atoms with E-state index in [1.54, 1.807) is 0 Å². The summed E-state index contributed by atoms with van der Waals surface area (Å²) in [5.41, 5.74) is 7.90. The molecular weight excluding hydrogens is 1040 g/mol. The van der Waals surface area contributed by atoms with Crippen molar-refractivity contribution in [3.63, 3.8) is 0 Å². The average Bonchev–Trinajstić information content (AvgIpc) is 4.01. The van der Waals surface area contributed by atoms with Crippen LogP contribution in [0.15, 0.2) is 129 Å². The second-order valence-electron chi connectivity index (χ2n) is 27.7. The molecule has 12 heteroatoms. The number of benzene rings is 4. The number of pyridine rings is 2. The van der Waals surface area contributed by atoms with Gasteiger partial charge < -0.3 is 27.7 Å². The Morgan fingerprint density at radius 1 is 0.390 bits per heavy atom. The van der Waals surface area contributed by atoms with Crippen LogP contribution >= 0.6 is 23.5 Å². The Morgan fingerprint density at radius 2 is 0.695 bits per heavy atom. The van der Waals surface area contributed by atoms with Crippen LogP contribution in [0.5, 0.6) is 0 Å². The summed E-state index contributed by atoms with van der Waals surface area (Å²) >= 11 is 3.78. The van der Waals surface area contributed by atoms with Gasteiger partial charge in [0.25, 0.3) is 11.6 Å². The van der Waals surface area contributed by atoms with Gasteiger partial charge in [0.1, 0.15) is 11.0 Å². The highest BCUT2D eigenvalue weighted by Crippen LogP contribution is 2.47. The average molecular weight is 1150 g/mol. The van der Waals surface area contributed by atoms with Crippen molar-refractivity contribution in [1.82, 2.24) is 0 Å². The fourth-order valence-corrected chi connectivity index (χ4v) is 14.2. The first kappa shape index (κ1) is 63.0. The van der Waals surface area contributed by atoms with Crippen LogP contribution in [-0.4, -0.2) is 169 Å². The maximum atomic E-state index is 2.75. The molecule has 4 aromatic carbocycles. The molecule has 0 radical (unpaired) electrons. The lowest BCUT2D eigenvalue weighted by Crippen LogP contribution is -2.46. The van der Waals surface area contributed by atoms with Crippen LogP contribution in [0.3, 0.4) is 0 Å². The molecule has 0 N–H and O–H groups in total. The summed E-state index contributed by atoms with van der Waals surface area (Å²) in [5, 5.41) is 5.24. The van der Waals surface area contributed by atoms with E-state index in [2.05, 4.69) is 249 Å². The molecule has 0 fully saturated rings. The molecule has 0 unspecified atom stereocenters. The third-order valence-electron chi connectivity index (χ3n) is 16.4. The minimum atomic E-state index is 0.984. The van der Waals surface area contributed by atoms with E-state index in [-0.39, 0.29) is 0 Å². The molecule has 0 spiro atoms. The van der Waals surface area contributed by atoms with Gasteiger partial charge in [-0.15, -0.1) is 0 Å². The Labute approximate surface area is 505 Å². The van der Waals surface area contributed by atoms with E-state index in [0.717, 1.165) is 109 Å². The molecular formula is C70H106N10S2+6. The van der Waals surface area contributed by atoms with Gasteiger partial charge >= 0.3 is 0 Å². The zero-order chi connectivity index (χ0) is 58.7. The molecule has 82 heavy (non-hydrogen) atoms. The summed E-state index contributed by atoms with van der Waals surface area (Å²) in [4.78, 5) is 12.9. The molecule has 2 aliphatic heterocycles. The van der Waals surface area contributed by atoms with E-state index >= 15 is 0 Å². The monoisotopic (exact) mass is 1150 g/mol. The van der Waals surface area contributed by atoms with Crippen molar-refractivity contribution in [3.8, 4) is 0 Å². The molecule has 0 atom stereocenters. The number of para-hydroxylation sites is 4. The Kier molecular flexibility index (Phi) is 21.7. The maximum absolute atomic E-state index is 2.75.